The number of carbonyl (C=O) groups excluding carboxylic acids is 1. The lowest BCUT2D eigenvalue weighted by molar-refractivity contribution is 0.0930. The highest BCUT2D eigenvalue weighted by molar-refractivity contribution is 5.92. The largest absolute Gasteiger partial charge is 0.348 e. The van der Waals surface area contributed by atoms with E-state index in [1.807, 2.05) is 13.0 Å². The maximum atomic E-state index is 11.9. The molecule has 0 fully saturated rings. The molecule has 0 aliphatic carbocycles. The number of hydrogen-bond donors (Lipinski definition) is 1. The Morgan fingerprint density at radius 1 is 1.50 bits per heavy atom. The third-order valence-corrected chi connectivity index (χ3v) is 2.96. The van der Waals surface area contributed by atoms with Gasteiger partial charge in [0.15, 0.2) is 0 Å². The summed E-state index contributed by atoms with van der Waals surface area (Å²) in [6.45, 7) is 6.30. The molecule has 0 radical (unpaired) electrons. The van der Waals surface area contributed by atoms with E-state index in [0.29, 0.717) is 17.2 Å². The fourth-order valence-corrected chi connectivity index (χ4v) is 1.72. The third kappa shape index (κ3) is 4.17. The number of nitrogens with zero attached hydrogens (tertiary/aromatic N) is 2. The lowest BCUT2D eigenvalue weighted by atomic mass is 10.0. The van der Waals surface area contributed by atoms with Gasteiger partial charge < -0.3 is 5.32 Å². The molecule has 0 spiro atoms. The number of aromatic nitrogens is 1. The molecule has 1 heterocycles. The first-order valence-electron chi connectivity index (χ1n) is 6.23. The van der Waals surface area contributed by atoms with Crippen LogP contribution in [0.3, 0.4) is 0 Å². The Hall–Kier alpha value is -1.89. The first-order valence-corrected chi connectivity index (χ1v) is 6.23. The number of amides is 1. The van der Waals surface area contributed by atoms with Crippen LogP contribution in [0.4, 0.5) is 0 Å². The predicted octanol–water partition coefficient (Wildman–Crippen LogP) is 2.51. The van der Waals surface area contributed by atoms with Crippen LogP contribution in [0.25, 0.3) is 0 Å². The molecule has 0 aliphatic rings. The van der Waals surface area contributed by atoms with Gasteiger partial charge in [-0.25, -0.2) is 4.98 Å². The second kappa shape index (κ2) is 6.75. The minimum absolute atomic E-state index is 0.130. The first kappa shape index (κ1) is 14.2. The van der Waals surface area contributed by atoms with Gasteiger partial charge in [0, 0.05) is 12.2 Å². The van der Waals surface area contributed by atoms with Crippen molar-refractivity contribution in [2.45, 2.75) is 39.7 Å². The summed E-state index contributed by atoms with van der Waals surface area (Å²) in [6, 6.07) is 5.27. The average Bonchev–Trinajstić information content (AvgIpc) is 2.38. The van der Waals surface area contributed by atoms with Gasteiger partial charge in [0.1, 0.15) is 11.8 Å². The molecule has 18 heavy (non-hydrogen) atoms. The van der Waals surface area contributed by atoms with Crippen molar-refractivity contribution in [2.75, 3.05) is 0 Å². The Morgan fingerprint density at radius 2 is 2.22 bits per heavy atom. The van der Waals surface area contributed by atoms with Crippen molar-refractivity contribution in [3.05, 3.63) is 29.6 Å². The first-order chi connectivity index (χ1) is 8.56. The highest BCUT2D eigenvalue weighted by Crippen LogP contribution is 2.10. The van der Waals surface area contributed by atoms with E-state index < -0.39 is 0 Å². The summed E-state index contributed by atoms with van der Waals surface area (Å²) in [6.07, 6.45) is 3.47. The lowest BCUT2D eigenvalue weighted by Gasteiger charge is -2.17. The van der Waals surface area contributed by atoms with Crippen LogP contribution in [0.1, 0.15) is 49.7 Å². The van der Waals surface area contributed by atoms with E-state index in [9.17, 15) is 4.79 Å². The molecular weight excluding hydrogens is 226 g/mol. The molecule has 4 heteroatoms. The zero-order valence-corrected chi connectivity index (χ0v) is 11.1. The number of pyridine rings is 1. The number of nitrogens with one attached hydrogen (secondary N) is 1. The van der Waals surface area contributed by atoms with E-state index in [1.165, 1.54) is 6.20 Å². The highest BCUT2D eigenvalue weighted by Gasteiger charge is 2.12. The van der Waals surface area contributed by atoms with Crippen LogP contribution in [-0.2, 0) is 0 Å². The van der Waals surface area contributed by atoms with E-state index in [1.54, 1.807) is 12.1 Å². The number of carbonyl (C=O) groups is 1. The smallest absolute Gasteiger partial charge is 0.270 e. The summed E-state index contributed by atoms with van der Waals surface area (Å²) < 4.78 is 0. The van der Waals surface area contributed by atoms with Gasteiger partial charge in [-0.1, -0.05) is 20.3 Å². The average molecular weight is 245 g/mol. The molecule has 1 aromatic heterocycles. The highest BCUT2D eigenvalue weighted by atomic mass is 16.1. The van der Waals surface area contributed by atoms with Crippen LogP contribution in [-0.4, -0.2) is 16.9 Å². The normalized spacial score (nSPS) is 13.4. The lowest BCUT2D eigenvalue weighted by Crippen LogP contribution is -2.34. The van der Waals surface area contributed by atoms with Gasteiger partial charge in [-0.15, -0.1) is 0 Å². The standard InChI is InChI=1S/C14H19N3O/c1-4-10(2)7-11(3)17-14(18)13-6-5-12(8-15)9-16-13/h5-6,9-11H,4,7H2,1-3H3,(H,17,18). The molecule has 1 N–H and O–H groups in total. The Labute approximate surface area is 108 Å². The van der Waals surface area contributed by atoms with Gasteiger partial charge in [0.25, 0.3) is 5.91 Å². The quantitative estimate of drug-likeness (QED) is 0.866. The molecule has 2 atom stereocenters. The minimum atomic E-state index is -0.185. The van der Waals surface area contributed by atoms with Gasteiger partial charge in [-0.2, -0.15) is 5.26 Å². The zero-order chi connectivity index (χ0) is 13.5. The topological polar surface area (TPSA) is 65.8 Å². The van der Waals surface area contributed by atoms with E-state index in [2.05, 4.69) is 24.1 Å². The zero-order valence-electron chi connectivity index (χ0n) is 11.1. The van der Waals surface area contributed by atoms with Crippen molar-refractivity contribution in [1.29, 1.82) is 5.26 Å². The van der Waals surface area contributed by atoms with Crippen LogP contribution in [0.15, 0.2) is 18.3 Å². The molecule has 1 amide bonds. The van der Waals surface area contributed by atoms with E-state index in [4.69, 9.17) is 5.26 Å². The Balaban J connectivity index is 2.57. The van der Waals surface area contributed by atoms with Crippen molar-refractivity contribution in [3.8, 4) is 6.07 Å². The molecule has 0 saturated carbocycles. The molecule has 96 valence electrons. The van der Waals surface area contributed by atoms with Crippen LogP contribution in [0.5, 0.6) is 0 Å². The van der Waals surface area contributed by atoms with Gasteiger partial charge in [-0.05, 0) is 31.4 Å². The van der Waals surface area contributed by atoms with Crippen LogP contribution in [0.2, 0.25) is 0 Å². The Bertz CT molecular complexity index is 433. The van der Waals surface area contributed by atoms with Crippen molar-refractivity contribution < 1.29 is 4.79 Å². The monoisotopic (exact) mass is 245 g/mol. The van der Waals surface area contributed by atoms with Gasteiger partial charge in [-0.3, -0.25) is 4.79 Å². The SMILES string of the molecule is CCC(C)CC(C)NC(=O)c1ccc(C#N)cn1. The third-order valence-electron chi connectivity index (χ3n) is 2.96. The summed E-state index contributed by atoms with van der Waals surface area (Å²) in [5.41, 5.74) is 0.809. The fourth-order valence-electron chi connectivity index (χ4n) is 1.72. The van der Waals surface area contributed by atoms with Crippen molar-refractivity contribution in [3.63, 3.8) is 0 Å². The van der Waals surface area contributed by atoms with E-state index in [-0.39, 0.29) is 11.9 Å². The second-order valence-electron chi connectivity index (χ2n) is 4.67. The molecule has 0 saturated heterocycles. The maximum absolute atomic E-state index is 11.9. The Morgan fingerprint density at radius 3 is 2.72 bits per heavy atom. The summed E-state index contributed by atoms with van der Waals surface area (Å²) in [4.78, 5) is 15.8. The minimum Gasteiger partial charge on any atom is -0.348 e. The van der Waals surface area contributed by atoms with Crippen LogP contribution < -0.4 is 5.32 Å². The van der Waals surface area contributed by atoms with Crippen LogP contribution >= 0.6 is 0 Å². The second-order valence-corrected chi connectivity index (χ2v) is 4.67. The molecule has 1 aromatic rings. The summed E-state index contributed by atoms with van der Waals surface area (Å²) >= 11 is 0. The molecule has 0 aliphatic heterocycles. The molecule has 2 unspecified atom stereocenters. The van der Waals surface area contributed by atoms with Gasteiger partial charge in [0.2, 0.25) is 0 Å². The summed E-state index contributed by atoms with van der Waals surface area (Å²) in [7, 11) is 0. The molecule has 0 aromatic carbocycles. The van der Waals surface area contributed by atoms with E-state index >= 15 is 0 Å². The number of rotatable bonds is 5. The van der Waals surface area contributed by atoms with E-state index in [0.717, 1.165) is 12.8 Å². The predicted molar refractivity (Wildman–Crippen MR) is 70.0 cm³/mol. The van der Waals surface area contributed by atoms with Gasteiger partial charge >= 0.3 is 0 Å². The molecule has 4 nitrogen and oxygen atoms in total. The van der Waals surface area contributed by atoms with Gasteiger partial charge in [0.05, 0.1) is 5.56 Å². The Kier molecular flexibility index (Phi) is 5.31. The van der Waals surface area contributed by atoms with Crippen molar-refractivity contribution in [2.24, 2.45) is 5.92 Å². The molecular formula is C14H19N3O. The maximum Gasteiger partial charge on any atom is 0.270 e. The molecule has 1 rings (SSSR count). The van der Waals surface area contributed by atoms with Crippen molar-refractivity contribution >= 4 is 5.91 Å². The number of hydrogen-bond acceptors (Lipinski definition) is 3. The number of nitriles is 1. The fraction of sp³-hybridized carbons (Fsp3) is 0.500. The summed E-state index contributed by atoms with van der Waals surface area (Å²) in [5.74, 6) is 0.407. The van der Waals surface area contributed by atoms with Crippen LogP contribution in [0, 0.1) is 17.2 Å². The van der Waals surface area contributed by atoms with Crippen molar-refractivity contribution in [1.82, 2.24) is 10.3 Å². The summed E-state index contributed by atoms with van der Waals surface area (Å²) in [5, 5.41) is 11.6. The molecule has 0 bridgehead atoms.